The summed E-state index contributed by atoms with van der Waals surface area (Å²) in [6.07, 6.45) is 0. The quantitative estimate of drug-likeness (QED) is 0.735. The number of rotatable bonds is 3. The summed E-state index contributed by atoms with van der Waals surface area (Å²) in [5.41, 5.74) is 0.281. The molecule has 0 atom stereocenters. The number of hydrogen-bond donors (Lipinski definition) is 1. The average molecular weight is 227 g/mol. The van der Waals surface area contributed by atoms with Crippen molar-refractivity contribution in [2.45, 2.75) is 19.4 Å². The molecule has 2 heterocycles. The van der Waals surface area contributed by atoms with Gasteiger partial charge in [0.05, 0.1) is 13.2 Å². The molecule has 2 aliphatic rings. The molecule has 0 saturated carbocycles. The second-order valence-electron chi connectivity index (χ2n) is 5.54. The highest BCUT2D eigenvalue weighted by atomic mass is 16.5. The molecule has 0 aliphatic carbocycles. The number of hydrogen-bond acceptors (Lipinski definition) is 4. The van der Waals surface area contributed by atoms with Crippen LogP contribution in [-0.4, -0.2) is 74.4 Å². The Labute approximate surface area is 98.9 Å². The number of nitrogens with one attached hydrogen (secondary N) is 1. The maximum Gasteiger partial charge on any atom is 0.0594 e. The van der Waals surface area contributed by atoms with Crippen LogP contribution in [0.5, 0.6) is 0 Å². The highest BCUT2D eigenvalue weighted by Gasteiger charge is 2.25. The predicted molar refractivity (Wildman–Crippen MR) is 65.8 cm³/mol. The number of morpholine rings is 1. The second kappa shape index (κ2) is 5.45. The van der Waals surface area contributed by atoms with Crippen LogP contribution in [0.3, 0.4) is 0 Å². The van der Waals surface area contributed by atoms with Crippen molar-refractivity contribution in [2.75, 3.05) is 59.0 Å². The smallest absolute Gasteiger partial charge is 0.0594 e. The Balaban J connectivity index is 1.68. The first kappa shape index (κ1) is 12.3. The fraction of sp³-hybridized carbons (Fsp3) is 1.00. The van der Waals surface area contributed by atoms with Crippen molar-refractivity contribution in [2.24, 2.45) is 0 Å². The van der Waals surface area contributed by atoms with Crippen LogP contribution in [0.4, 0.5) is 0 Å². The van der Waals surface area contributed by atoms with E-state index in [-0.39, 0.29) is 5.54 Å². The molecule has 2 aliphatic heterocycles. The van der Waals surface area contributed by atoms with Crippen molar-refractivity contribution < 1.29 is 4.74 Å². The van der Waals surface area contributed by atoms with E-state index in [0.717, 1.165) is 39.4 Å². The SMILES string of the molecule is CC1(C)CN(CCN2CCOCC2)CCN1. The van der Waals surface area contributed by atoms with Gasteiger partial charge in [-0.3, -0.25) is 9.80 Å². The normalized spacial score (nSPS) is 28.1. The zero-order valence-corrected chi connectivity index (χ0v) is 10.7. The van der Waals surface area contributed by atoms with Gasteiger partial charge in [-0.25, -0.2) is 0 Å². The molecule has 0 aromatic carbocycles. The molecule has 0 aromatic heterocycles. The zero-order valence-electron chi connectivity index (χ0n) is 10.7. The third-order valence-electron chi connectivity index (χ3n) is 3.49. The molecule has 0 aromatic rings. The molecule has 2 rings (SSSR count). The van der Waals surface area contributed by atoms with E-state index < -0.39 is 0 Å². The minimum Gasteiger partial charge on any atom is -0.379 e. The molecule has 1 N–H and O–H groups in total. The van der Waals surface area contributed by atoms with Gasteiger partial charge in [0.1, 0.15) is 0 Å². The fourth-order valence-electron chi connectivity index (χ4n) is 2.54. The van der Waals surface area contributed by atoms with Crippen molar-refractivity contribution in [1.82, 2.24) is 15.1 Å². The maximum atomic E-state index is 5.36. The number of piperazine rings is 1. The number of ether oxygens (including phenoxy) is 1. The zero-order chi connectivity index (χ0) is 11.4. The lowest BCUT2D eigenvalue weighted by Crippen LogP contribution is -2.58. The van der Waals surface area contributed by atoms with E-state index in [0.29, 0.717) is 0 Å². The van der Waals surface area contributed by atoms with Crippen molar-refractivity contribution in [3.63, 3.8) is 0 Å². The molecule has 16 heavy (non-hydrogen) atoms. The lowest BCUT2D eigenvalue weighted by Gasteiger charge is -2.40. The van der Waals surface area contributed by atoms with Crippen molar-refractivity contribution >= 4 is 0 Å². The standard InChI is InChI=1S/C12H25N3O/c1-12(2)11-15(4-3-13-12)6-5-14-7-9-16-10-8-14/h13H,3-11H2,1-2H3. The summed E-state index contributed by atoms with van der Waals surface area (Å²) < 4.78 is 5.36. The Morgan fingerprint density at radius 2 is 1.75 bits per heavy atom. The lowest BCUT2D eigenvalue weighted by molar-refractivity contribution is 0.0302. The van der Waals surface area contributed by atoms with Gasteiger partial charge in [-0.15, -0.1) is 0 Å². The van der Waals surface area contributed by atoms with E-state index in [1.807, 2.05) is 0 Å². The Kier molecular flexibility index (Phi) is 4.19. The molecule has 94 valence electrons. The molecule has 2 fully saturated rings. The molecule has 0 radical (unpaired) electrons. The Morgan fingerprint density at radius 3 is 2.44 bits per heavy atom. The van der Waals surface area contributed by atoms with Gasteiger partial charge in [-0.05, 0) is 13.8 Å². The fourth-order valence-corrected chi connectivity index (χ4v) is 2.54. The van der Waals surface area contributed by atoms with Crippen LogP contribution >= 0.6 is 0 Å². The molecule has 4 nitrogen and oxygen atoms in total. The molecule has 2 saturated heterocycles. The Bertz CT molecular complexity index is 214. The van der Waals surface area contributed by atoms with Gasteiger partial charge in [0, 0.05) is 51.4 Å². The van der Waals surface area contributed by atoms with Crippen molar-refractivity contribution in [3.8, 4) is 0 Å². The van der Waals surface area contributed by atoms with Crippen LogP contribution < -0.4 is 5.32 Å². The first-order valence-electron chi connectivity index (χ1n) is 6.43. The second-order valence-corrected chi connectivity index (χ2v) is 5.54. The average Bonchev–Trinajstić information content (AvgIpc) is 2.27. The summed E-state index contributed by atoms with van der Waals surface area (Å²) in [6.45, 7) is 14.5. The van der Waals surface area contributed by atoms with E-state index in [1.165, 1.54) is 19.6 Å². The Hall–Kier alpha value is -0.160. The van der Waals surface area contributed by atoms with Gasteiger partial charge in [0.2, 0.25) is 0 Å². The summed E-state index contributed by atoms with van der Waals surface area (Å²) in [4.78, 5) is 5.09. The summed E-state index contributed by atoms with van der Waals surface area (Å²) in [7, 11) is 0. The molecule has 0 spiro atoms. The largest absolute Gasteiger partial charge is 0.379 e. The first-order valence-corrected chi connectivity index (χ1v) is 6.43. The van der Waals surface area contributed by atoms with Gasteiger partial charge < -0.3 is 10.1 Å². The summed E-state index contributed by atoms with van der Waals surface area (Å²) in [5, 5.41) is 3.55. The molecule has 0 bridgehead atoms. The van der Waals surface area contributed by atoms with Crippen LogP contribution in [0.25, 0.3) is 0 Å². The van der Waals surface area contributed by atoms with Gasteiger partial charge in [-0.2, -0.15) is 0 Å². The minimum absolute atomic E-state index is 0.281. The summed E-state index contributed by atoms with van der Waals surface area (Å²) in [6, 6.07) is 0. The van der Waals surface area contributed by atoms with Crippen molar-refractivity contribution in [3.05, 3.63) is 0 Å². The lowest BCUT2D eigenvalue weighted by atomic mass is 10.0. The highest BCUT2D eigenvalue weighted by molar-refractivity contribution is 4.86. The van der Waals surface area contributed by atoms with E-state index in [4.69, 9.17) is 4.74 Å². The molecule has 4 heteroatoms. The van der Waals surface area contributed by atoms with Crippen LogP contribution in [0.2, 0.25) is 0 Å². The Morgan fingerprint density at radius 1 is 1.06 bits per heavy atom. The van der Waals surface area contributed by atoms with Gasteiger partial charge in [0.15, 0.2) is 0 Å². The number of nitrogens with zero attached hydrogens (tertiary/aromatic N) is 2. The topological polar surface area (TPSA) is 27.7 Å². The van der Waals surface area contributed by atoms with Crippen LogP contribution in [-0.2, 0) is 4.74 Å². The van der Waals surface area contributed by atoms with Gasteiger partial charge in [0.25, 0.3) is 0 Å². The van der Waals surface area contributed by atoms with Crippen molar-refractivity contribution in [1.29, 1.82) is 0 Å². The molecular weight excluding hydrogens is 202 g/mol. The van der Waals surface area contributed by atoms with Crippen LogP contribution in [0, 0.1) is 0 Å². The third-order valence-corrected chi connectivity index (χ3v) is 3.49. The molecule has 0 amide bonds. The summed E-state index contributed by atoms with van der Waals surface area (Å²) >= 11 is 0. The summed E-state index contributed by atoms with van der Waals surface area (Å²) in [5.74, 6) is 0. The van der Waals surface area contributed by atoms with E-state index in [1.54, 1.807) is 0 Å². The van der Waals surface area contributed by atoms with E-state index >= 15 is 0 Å². The third kappa shape index (κ3) is 3.70. The molecule has 0 unspecified atom stereocenters. The first-order chi connectivity index (χ1) is 7.66. The van der Waals surface area contributed by atoms with E-state index in [2.05, 4.69) is 29.0 Å². The maximum absolute atomic E-state index is 5.36. The van der Waals surface area contributed by atoms with Crippen LogP contribution in [0.1, 0.15) is 13.8 Å². The monoisotopic (exact) mass is 227 g/mol. The van der Waals surface area contributed by atoms with Crippen LogP contribution in [0.15, 0.2) is 0 Å². The predicted octanol–water partition coefficient (Wildman–Crippen LogP) is 0.00240. The molecular formula is C12H25N3O. The van der Waals surface area contributed by atoms with E-state index in [9.17, 15) is 0 Å². The van der Waals surface area contributed by atoms with Gasteiger partial charge in [-0.1, -0.05) is 0 Å². The minimum atomic E-state index is 0.281. The highest BCUT2D eigenvalue weighted by Crippen LogP contribution is 2.10. The van der Waals surface area contributed by atoms with Gasteiger partial charge >= 0.3 is 0 Å².